The minimum Gasteiger partial charge on any atom is -0.489 e. The maximum absolute atomic E-state index is 5.86. The number of nitrogens with zero attached hydrogens (tertiary/aromatic N) is 3. The number of rotatable bonds is 2. The highest BCUT2D eigenvalue weighted by molar-refractivity contribution is 5.75. The van der Waals surface area contributed by atoms with Crippen LogP contribution in [0.5, 0.6) is 17.4 Å². The fourth-order valence-corrected chi connectivity index (χ4v) is 2.71. The molecule has 0 spiro atoms. The Kier molecular flexibility index (Phi) is 1.77. The molecule has 5 rings (SSSR count). The molecule has 2 atom stereocenters. The minimum absolute atomic E-state index is 0.388. The first-order valence-electron chi connectivity index (χ1n) is 6.51. The summed E-state index contributed by atoms with van der Waals surface area (Å²) in [6, 6.07) is 5.90. The van der Waals surface area contributed by atoms with E-state index in [1.807, 2.05) is 18.2 Å². The SMILES string of the molecule is c1nc(Oc2ccc3c(c2)C2CC2O3)c2[nH]cnc2n1. The molecule has 20 heavy (non-hydrogen) atoms. The van der Waals surface area contributed by atoms with Gasteiger partial charge in [0, 0.05) is 11.5 Å². The minimum atomic E-state index is 0.388. The lowest BCUT2D eigenvalue weighted by Gasteiger charge is -2.08. The molecule has 0 amide bonds. The fraction of sp³-hybridized carbons (Fsp3) is 0.214. The van der Waals surface area contributed by atoms with Crippen molar-refractivity contribution < 1.29 is 9.47 Å². The Balaban J connectivity index is 1.55. The number of nitrogens with one attached hydrogen (secondary N) is 1. The molecular weight excluding hydrogens is 256 g/mol. The quantitative estimate of drug-likeness (QED) is 0.771. The predicted octanol–water partition coefficient (Wildman–Crippen LogP) is 2.39. The van der Waals surface area contributed by atoms with Crippen LogP contribution in [0.25, 0.3) is 11.2 Å². The number of aromatic nitrogens is 4. The molecule has 1 aromatic carbocycles. The van der Waals surface area contributed by atoms with Crippen LogP contribution in [0.4, 0.5) is 0 Å². The van der Waals surface area contributed by atoms with Crippen LogP contribution in [-0.2, 0) is 0 Å². The second-order valence-corrected chi connectivity index (χ2v) is 5.08. The zero-order valence-electron chi connectivity index (χ0n) is 10.4. The molecule has 3 heterocycles. The maximum Gasteiger partial charge on any atom is 0.248 e. The number of aromatic amines is 1. The summed E-state index contributed by atoms with van der Waals surface area (Å²) in [5, 5.41) is 0. The Morgan fingerprint density at radius 1 is 1.25 bits per heavy atom. The summed E-state index contributed by atoms with van der Waals surface area (Å²) in [5.41, 5.74) is 2.54. The molecule has 2 aliphatic rings. The second kappa shape index (κ2) is 3.47. The average Bonchev–Trinajstić information content (AvgIpc) is 2.93. The van der Waals surface area contributed by atoms with Gasteiger partial charge >= 0.3 is 0 Å². The van der Waals surface area contributed by atoms with Gasteiger partial charge in [0.25, 0.3) is 0 Å². The van der Waals surface area contributed by atoms with Gasteiger partial charge in [-0.3, -0.25) is 0 Å². The summed E-state index contributed by atoms with van der Waals surface area (Å²) in [6.07, 6.45) is 4.54. The molecule has 6 nitrogen and oxygen atoms in total. The first-order chi connectivity index (χ1) is 9.88. The number of imidazole rings is 1. The van der Waals surface area contributed by atoms with Crippen LogP contribution >= 0.6 is 0 Å². The summed E-state index contributed by atoms with van der Waals surface area (Å²) in [6.45, 7) is 0. The van der Waals surface area contributed by atoms with Gasteiger partial charge in [-0.05, 0) is 24.6 Å². The van der Waals surface area contributed by atoms with E-state index in [1.165, 1.54) is 11.9 Å². The van der Waals surface area contributed by atoms with Crippen LogP contribution in [0, 0.1) is 0 Å². The first-order valence-corrected chi connectivity index (χ1v) is 6.51. The third-order valence-corrected chi connectivity index (χ3v) is 3.79. The van der Waals surface area contributed by atoms with E-state index in [-0.39, 0.29) is 0 Å². The molecule has 2 unspecified atom stereocenters. The van der Waals surface area contributed by atoms with Crippen LogP contribution in [0.2, 0.25) is 0 Å². The van der Waals surface area contributed by atoms with Gasteiger partial charge < -0.3 is 14.5 Å². The van der Waals surface area contributed by atoms with Crippen LogP contribution in [0.3, 0.4) is 0 Å². The van der Waals surface area contributed by atoms with Crippen LogP contribution < -0.4 is 9.47 Å². The number of hydrogen-bond acceptors (Lipinski definition) is 5. The molecule has 98 valence electrons. The second-order valence-electron chi connectivity index (χ2n) is 5.08. The summed E-state index contributed by atoms with van der Waals surface area (Å²) < 4.78 is 11.6. The third kappa shape index (κ3) is 1.36. The Bertz CT molecular complexity index is 829. The normalized spacial score (nSPS) is 22.2. The van der Waals surface area contributed by atoms with Crippen molar-refractivity contribution in [2.45, 2.75) is 18.4 Å². The van der Waals surface area contributed by atoms with E-state index in [0.717, 1.165) is 17.9 Å². The van der Waals surface area contributed by atoms with Crippen molar-refractivity contribution in [3.63, 3.8) is 0 Å². The number of ether oxygens (including phenoxy) is 2. The number of benzene rings is 1. The molecule has 0 bridgehead atoms. The lowest BCUT2D eigenvalue weighted by molar-refractivity contribution is 0.318. The van der Waals surface area contributed by atoms with Crippen LogP contribution in [0.15, 0.2) is 30.9 Å². The molecule has 1 fully saturated rings. The van der Waals surface area contributed by atoms with Crippen molar-refractivity contribution in [1.82, 2.24) is 19.9 Å². The Labute approximate surface area is 113 Å². The predicted molar refractivity (Wildman–Crippen MR) is 70.0 cm³/mol. The fourth-order valence-electron chi connectivity index (χ4n) is 2.71. The molecule has 3 aromatic rings. The molecule has 0 saturated heterocycles. The van der Waals surface area contributed by atoms with E-state index < -0.39 is 0 Å². The van der Waals surface area contributed by atoms with E-state index in [9.17, 15) is 0 Å². The van der Waals surface area contributed by atoms with Gasteiger partial charge in [0.2, 0.25) is 5.88 Å². The van der Waals surface area contributed by atoms with Gasteiger partial charge in [-0.25, -0.2) is 9.97 Å². The molecule has 6 heteroatoms. The summed E-state index contributed by atoms with van der Waals surface area (Å²) in [7, 11) is 0. The number of hydrogen-bond donors (Lipinski definition) is 1. The number of fused-ring (bicyclic) bond motifs is 4. The molecule has 1 aliphatic heterocycles. The molecule has 1 saturated carbocycles. The highest BCUT2D eigenvalue weighted by Crippen LogP contribution is 2.54. The van der Waals surface area contributed by atoms with Gasteiger partial charge in [-0.15, -0.1) is 0 Å². The first kappa shape index (κ1) is 10.2. The van der Waals surface area contributed by atoms with Crippen molar-refractivity contribution in [3.05, 3.63) is 36.4 Å². The van der Waals surface area contributed by atoms with E-state index >= 15 is 0 Å². The lowest BCUT2D eigenvalue weighted by Crippen LogP contribution is -1.93. The van der Waals surface area contributed by atoms with Gasteiger partial charge in [0.05, 0.1) is 6.33 Å². The smallest absolute Gasteiger partial charge is 0.248 e. The Morgan fingerprint density at radius 3 is 3.25 bits per heavy atom. The summed E-state index contributed by atoms with van der Waals surface area (Å²) in [4.78, 5) is 15.3. The molecular formula is C14H10N4O2. The monoisotopic (exact) mass is 266 g/mol. The van der Waals surface area contributed by atoms with E-state index in [0.29, 0.717) is 29.1 Å². The van der Waals surface area contributed by atoms with Gasteiger partial charge in [0.1, 0.15) is 29.4 Å². The van der Waals surface area contributed by atoms with Crippen molar-refractivity contribution in [1.29, 1.82) is 0 Å². The average molecular weight is 266 g/mol. The van der Waals surface area contributed by atoms with Crippen molar-refractivity contribution >= 4 is 11.2 Å². The lowest BCUT2D eigenvalue weighted by atomic mass is 10.1. The molecule has 1 N–H and O–H groups in total. The largest absolute Gasteiger partial charge is 0.489 e. The van der Waals surface area contributed by atoms with E-state index in [1.54, 1.807) is 6.33 Å². The topological polar surface area (TPSA) is 72.9 Å². The van der Waals surface area contributed by atoms with E-state index in [2.05, 4.69) is 19.9 Å². The highest BCUT2D eigenvalue weighted by Gasteiger charge is 2.48. The van der Waals surface area contributed by atoms with Gasteiger partial charge in [-0.2, -0.15) is 4.98 Å². The third-order valence-electron chi connectivity index (χ3n) is 3.79. The molecule has 2 aromatic heterocycles. The standard InChI is InChI=1S/C14H10N4O2/c1-2-10-8(9-4-11(9)20-10)3-7(1)19-14-12-13(16-5-15-12)17-6-18-14/h1-3,5-6,9,11H,4H2,(H,15,16,17,18). The van der Waals surface area contributed by atoms with Crippen LogP contribution in [-0.4, -0.2) is 26.0 Å². The zero-order chi connectivity index (χ0) is 13.1. The highest BCUT2D eigenvalue weighted by atomic mass is 16.5. The van der Waals surface area contributed by atoms with Crippen LogP contribution in [0.1, 0.15) is 17.9 Å². The Morgan fingerprint density at radius 2 is 2.25 bits per heavy atom. The molecule has 0 radical (unpaired) electrons. The van der Waals surface area contributed by atoms with Gasteiger partial charge in [-0.1, -0.05) is 0 Å². The summed E-state index contributed by atoms with van der Waals surface area (Å²) in [5.74, 6) is 2.77. The van der Waals surface area contributed by atoms with Crippen molar-refractivity contribution in [3.8, 4) is 17.4 Å². The van der Waals surface area contributed by atoms with Crippen molar-refractivity contribution in [2.75, 3.05) is 0 Å². The maximum atomic E-state index is 5.86. The number of H-pyrrole nitrogens is 1. The molecule has 1 aliphatic carbocycles. The summed E-state index contributed by atoms with van der Waals surface area (Å²) >= 11 is 0. The van der Waals surface area contributed by atoms with E-state index in [4.69, 9.17) is 9.47 Å². The van der Waals surface area contributed by atoms with Gasteiger partial charge in [0.15, 0.2) is 5.65 Å². The Hall–Kier alpha value is -2.63. The zero-order valence-corrected chi connectivity index (χ0v) is 10.4. The van der Waals surface area contributed by atoms with Crippen molar-refractivity contribution in [2.24, 2.45) is 0 Å².